The molecule has 0 atom stereocenters. The normalized spacial score (nSPS) is 15.7. The van der Waals surface area contributed by atoms with E-state index in [-0.39, 0.29) is 12.0 Å². The first kappa shape index (κ1) is 21.8. The molecule has 2 aromatic rings. The van der Waals surface area contributed by atoms with Crippen molar-refractivity contribution in [1.82, 2.24) is 14.6 Å². The van der Waals surface area contributed by atoms with E-state index < -0.39 is 11.7 Å². The molecular weight excluding hydrogens is 438 g/mol. The Morgan fingerprint density at radius 2 is 2.10 bits per heavy atom. The number of amides is 1. The third kappa shape index (κ3) is 5.60. The highest BCUT2D eigenvalue weighted by Crippen LogP contribution is 2.28. The van der Waals surface area contributed by atoms with Gasteiger partial charge in [0.1, 0.15) is 17.2 Å². The van der Waals surface area contributed by atoms with Gasteiger partial charge in [-0.15, -0.1) is 0 Å². The zero-order valence-corrected chi connectivity index (χ0v) is 19.3. The molecule has 0 radical (unpaired) electrons. The Morgan fingerprint density at radius 1 is 1.41 bits per heavy atom. The molecule has 29 heavy (non-hydrogen) atoms. The van der Waals surface area contributed by atoms with Crippen LogP contribution < -0.4 is 10.2 Å². The summed E-state index contributed by atoms with van der Waals surface area (Å²) < 4.78 is 13.6. The van der Waals surface area contributed by atoms with Gasteiger partial charge in [-0.1, -0.05) is 13.8 Å². The van der Waals surface area contributed by atoms with E-state index in [1.165, 1.54) is 0 Å². The van der Waals surface area contributed by atoms with E-state index in [2.05, 4.69) is 40.2 Å². The van der Waals surface area contributed by atoms with Crippen molar-refractivity contribution in [1.29, 1.82) is 0 Å². The molecule has 0 bridgehead atoms. The maximum atomic E-state index is 13.0. The average molecular weight is 468 g/mol. The number of fused-ring (bicyclic) bond motifs is 1. The molecule has 3 heterocycles. The predicted molar refractivity (Wildman–Crippen MR) is 117 cm³/mol. The molecule has 0 spiro atoms. The van der Waals surface area contributed by atoms with Crippen LogP contribution in [0, 0.1) is 5.92 Å². The number of anilines is 2. The highest BCUT2D eigenvalue weighted by molar-refractivity contribution is 9.10. The average Bonchev–Trinajstić information content (AvgIpc) is 2.99. The van der Waals surface area contributed by atoms with Crippen LogP contribution in [0.4, 0.5) is 16.4 Å². The number of hydrogen-bond donors (Lipinski definition) is 1. The van der Waals surface area contributed by atoms with Gasteiger partial charge in [0, 0.05) is 31.9 Å². The van der Waals surface area contributed by atoms with Crippen LogP contribution in [0.3, 0.4) is 0 Å². The van der Waals surface area contributed by atoms with Crippen molar-refractivity contribution in [3.05, 3.63) is 16.7 Å². The number of carbonyl (C=O) groups is 1. The molecule has 0 aliphatic carbocycles. The first-order valence-electron chi connectivity index (χ1n) is 10.0. The number of carbonyl (C=O) groups excluding carboxylic acids is 1. The minimum Gasteiger partial charge on any atom is -0.443 e. The zero-order chi connectivity index (χ0) is 21.2. The quantitative estimate of drug-likeness (QED) is 0.697. The second kappa shape index (κ2) is 8.87. The third-order valence-corrected chi connectivity index (χ3v) is 4.98. The van der Waals surface area contributed by atoms with E-state index in [1.807, 2.05) is 26.8 Å². The Hall–Kier alpha value is -1.87. The van der Waals surface area contributed by atoms with E-state index in [4.69, 9.17) is 14.5 Å². The molecule has 8 nitrogen and oxygen atoms in total. The van der Waals surface area contributed by atoms with Gasteiger partial charge in [0.15, 0.2) is 5.65 Å². The van der Waals surface area contributed by atoms with Gasteiger partial charge in [0.25, 0.3) is 0 Å². The molecule has 0 saturated carbocycles. The van der Waals surface area contributed by atoms with Crippen LogP contribution in [0.1, 0.15) is 47.5 Å². The topological polar surface area (TPSA) is 81.0 Å². The molecule has 3 rings (SSSR count). The Balaban J connectivity index is 2.02. The summed E-state index contributed by atoms with van der Waals surface area (Å²) in [6, 6.07) is 2.15. The Labute approximate surface area is 180 Å². The van der Waals surface area contributed by atoms with Crippen molar-refractivity contribution in [3.8, 4) is 0 Å². The maximum Gasteiger partial charge on any atom is 0.416 e. The molecule has 1 saturated heterocycles. The zero-order valence-electron chi connectivity index (χ0n) is 17.7. The van der Waals surface area contributed by atoms with Gasteiger partial charge in [-0.3, -0.25) is 4.90 Å². The van der Waals surface area contributed by atoms with E-state index >= 15 is 0 Å². The minimum absolute atomic E-state index is 0.247. The van der Waals surface area contributed by atoms with Crippen molar-refractivity contribution in [2.75, 3.05) is 30.0 Å². The van der Waals surface area contributed by atoms with Crippen molar-refractivity contribution >= 4 is 39.3 Å². The highest BCUT2D eigenvalue weighted by Gasteiger charge is 2.27. The molecule has 1 aliphatic heterocycles. The summed E-state index contributed by atoms with van der Waals surface area (Å²) in [6.45, 7) is 11.7. The summed E-state index contributed by atoms with van der Waals surface area (Å²) in [5, 5.41) is 7.92. The number of nitrogens with zero attached hydrogens (tertiary/aromatic N) is 4. The fourth-order valence-corrected chi connectivity index (χ4v) is 3.53. The maximum absolute atomic E-state index is 13.0. The second-order valence-corrected chi connectivity index (χ2v) is 9.60. The van der Waals surface area contributed by atoms with Crippen LogP contribution in [-0.2, 0) is 9.47 Å². The standard InChI is InChI=1S/C20H30BrN5O3/c1-13(2)12-25(19(27)29-20(3,4)5)17-10-16(23-14-6-8-28-9-7-14)24-18-15(21)11-22-26(17)18/h10-11,13-14H,6-9,12H2,1-5H3,(H,23,24). The Bertz CT molecular complexity index is 856. The number of halogens is 1. The van der Waals surface area contributed by atoms with Crippen molar-refractivity contribution in [2.45, 2.75) is 59.1 Å². The monoisotopic (exact) mass is 467 g/mol. The summed E-state index contributed by atoms with van der Waals surface area (Å²) in [5.41, 5.74) is 0.0566. The fraction of sp³-hybridized carbons (Fsp3) is 0.650. The van der Waals surface area contributed by atoms with Crippen LogP contribution in [0.25, 0.3) is 5.65 Å². The van der Waals surface area contributed by atoms with Gasteiger partial charge in [-0.2, -0.15) is 9.61 Å². The van der Waals surface area contributed by atoms with E-state index in [0.29, 0.717) is 23.8 Å². The second-order valence-electron chi connectivity index (χ2n) is 8.74. The molecule has 2 aromatic heterocycles. The molecule has 9 heteroatoms. The number of rotatable bonds is 5. The molecule has 160 valence electrons. The van der Waals surface area contributed by atoms with E-state index in [9.17, 15) is 4.79 Å². The molecule has 1 aliphatic rings. The Morgan fingerprint density at radius 3 is 2.72 bits per heavy atom. The van der Waals surface area contributed by atoms with E-state index in [0.717, 1.165) is 30.5 Å². The number of hydrogen-bond acceptors (Lipinski definition) is 6. The summed E-state index contributed by atoms with van der Waals surface area (Å²) in [5.74, 6) is 1.58. The van der Waals surface area contributed by atoms with Gasteiger partial charge in [-0.05, 0) is 55.5 Å². The molecule has 0 aromatic carbocycles. The summed E-state index contributed by atoms with van der Waals surface area (Å²) in [4.78, 5) is 19.4. The van der Waals surface area contributed by atoms with E-state index in [1.54, 1.807) is 15.6 Å². The summed E-state index contributed by atoms with van der Waals surface area (Å²) >= 11 is 3.52. The van der Waals surface area contributed by atoms with Crippen LogP contribution in [0.15, 0.2) is 16.7 Å². The van der Waals surface area contributed by atoms with Gasteiger partial charge in [0.2, 0.25) is 0 Å². The lowest BCUT2D eigenvalue weighted by atomic mass is 10.1. The largest absolute Gasteiger partial charge is 0.443 e. The third-order valence-electron chi connectivity index (χ3n) is 4.42. The summed E-state index contributed by atoms with van der Waals surface area (Å²) in [7, 11) is 0. The summed E-state index contributed by atoms with van der Waals surface area (Å²) in [6.07, 6.45) is 3.13. The smallest absolute Gasteiger partial charge is 0.416 e. The van der Waals surface area contributed by atoms with Crippen LogP contribution >= 0.6 is 15.9 Å². The lowest BCUT2D eigenvalue weighted by Crippen LogP contribution is -2.40. The SMILES string of the molecule is CC(C)CN(C(=O)OC(C)(C)C)c1cc(NC2CCOCC2)nc2c(Br)cnn12. The number of nitrogens with one attached hydrogen (secondary N) is 1. The van der Waals surface area contributed by atoms with Gasteiger partial charge < -0.3 is 14.8 Å². The predicted octanol–water partition coefficient (Wildman–Crippen LogP) is 4.48. The Kier molecular flexibility index (Phi) is 6.68. The molecule has 1 amide bonds. The molecule has 1 fully saturated rings. The lowest BCUT2D eigenvalue weighted by molar-refractivity contribution is 0.0574. The van der Waals surface area contributed by atoms with Crippen LogP contribution in [0.5, 0.6) is 0 Å². The van der Waals surface area contributed by atoms with Gasteiger partial charge in [-0.25, -0.2) is 9.78 Å². The first-order valence-corrected chi connectivity index (χ1v) is 10.8. The molecular formula is C20H30BrN5O3. The molecule has 0 unspecified atom stereocenters. The lowest BCUT2D eigenvalue weighted by Gasteiger charge is -2.29. The minimum atomic E-state index is -0.591. The highest BCUT2D eigenvalue weighted by atomic mass is 79.9. The van der Waals surface area contributed by atoms with Crippen LogP contribution in [-0.4, -0.2) is 52.1 Å². The van der Waals surface area contributed by atoms with Crippen molar-refractivity contribution in [3.63, 3.8) is 0 Å². The van der Waals surface area contributed by atoms with Crippen molar-refractivity contribution < 1.29 is 14.3 Å². The van der Waals surface area contributed by atoms with Crippen molar-refractivity contribution in [2.24, 2.45) is 5.92 Å². The fourth-order valence-electron chi connectivity index (χ4n) is 3.18. The number of ether oxygens (including phenoxy) is 2. The number of aromatic nitrogens is 3. The van der Waals surface area contributed by atoms with Crippen LogP contribution in [0.2, 0.25) is 0 Å². The van der Waals surface area contributed by atoms with Gasteiger partial charge in [0.05, 0.1) is 10.7 Å². The van der Waals surface area contributed by atoms with Gasteiger partial charge >= 0.3 is 6.09 Å². The first-order chi connectivity index (χ1) is 13.6. The molecule has 1 N–H and O–H groups in total.